The Hall–Kier alpha value is -1.63. The molecule has 0 radical (unpaired) electrons. The average molecular weight is 294 g/mol. The van der Waals surface area contributed by atoms with E-state index >= 15 is 0 Å². The number of anilines is 3. The van der Waals surface area contributed by atoms with Gasteiger partial charge in [0.25, 0.3) is 0 Å². The van der Waals surface area contributed by atoms with Gasteiger partial charge in [-0.05, 0) is 31.1 Å². The van der Waals surface area contributed by atoms with Crippen LogP contribution in [0.15, 0.2) is 0 Å². The van der Waals surface area contributed by atoms with E-state index in [0.29, 0.717) is 17.8 Å². The first-order valence-corrected chi connectivity index (χ1v) is 7.60. The Balaban J connectivity index is 2.04. The van der Waals surface area contributed by atoms with Crippen LogP contribution in [0.5, 0.6) is 0 Å². The van der Waals surface area contributed by atoms with Crippen LogP contribution in [-0.2, 0) is 0 Å². The van der Waals surface area contributed by atoms with Crippen LogP contribution in [0.2, 0.25) is 0 Å². The number of nitrogens with zero attached hydrogens (tertiary/aromatic N) is 4. The van der Waals surface area contributed by atoms with E-state index in [4.69, 9.17) is 5.11 Å². The van der Waals surface area contributed by atoms with Crippen LogP contribution in [0.4, 0.5) is 17.8 Å². The average Bonchev–Trinajstić information content (AvgIpc) is 3.23. The molecule has 0 bridgehead atoms. The summed E-state index contributed by atoms with van der Waals surface area (Å²) in [7, 11) is 3.83. The van der Waals surface area contributed by atoms with Crippen molar-refractivity contribution in [3.8, 4) is 0 Å². The van der Waals surface area contributed by atoms with Gasteiger partial charge < -0.3 is 20.6 Å². The van der Waals surface area contributed by atoms with Gasteiger partial charge in [-0.3, -0.25) is 0 Å². The third-order valence-corrected chi connectivity index (χ3v) is 3.78. The molecule has 0 spiro atoms. The number of hydrogen-bond donors (Lipinski definition) is 3. The van der Waals surface area contributed by atoms with Gasteiger partial charge in [-0.25, -0.2) is 0 Å². The van der Waals surface area contributed by atoms with E-state index in [-0.39, 0.29) is 12.0 Å². The van der Waals surface area contributed by atoms with Crippen molar-refractivity contribution < 1.29 is 5.11 Å². The Morgan fingerprint density at radius 1 is 1.14 bits per heavy atom. The molecule has 1 fully saturated rings. The fraction of sp³-hybridized carbons (Fsp3) is 0.786. The molecule has 1 heterocycles. The SMILES string of the molecule is CCCNc1nc(NCC2(CCO)CC2)nc(N(C)C)n1. The Labute approximate surface area is 126 Å². The van der Waals surface area contributed by atoms with Crippen LogP contribution < -0.4 is 15.5 Å². The molecule has 1 aliphatic rings. The summed E-state index contributed by atoms with van der Waals surface area (Å²) in [4.78, 5) is 15.1. The van der Waals surface area contributed by atoms with Crippen LogP contribution in [0, 0.1) is 5.41 Å². The molecule has 21 heavy (non-hydrogen) atoms. The van der Waals surface area contributed by atoms with Gasteiger partial charge >= 0.3 is 0 Å². The highest BCUT2D eigenvalue weighted by Crippen LogP contribution is 2.48. The first-order valence-electron chi connectivity index (χ1n) is 7.60. The summed E-state index contributed by atoms with van der Waals surface area (Å²) >= 11 is 0. The Morgan fingerprint density at radius 3 is 2.33 bits per heavy atom. The van der Waals surface area contributed by atoms with Crippen LogP contribution >= 0.6 is 0 Å². The molecule has 1 aromatic heterocycles. The molecular weight excluding hydrogens is 268 g/mol. The Kier molecular flexibility index (Phi) is 5.17. The third kappa shape index (κ3) is 4.42. The minimum absolute atomic E-state index is 0.233. The van der Waals surface area contributed by atoms with E-state index in [1.165, 1.54) is 0 Å². The number of aliphatic hydroxyl groups excluding tert-OH is 1. The molecule has 2 rings (SSSR count). The highest BCUT2D eigenvalue weighted by atomic mass is 16.3. The second-order valence-corrected chi connectivity index (χ2v) is 5.93. The third-order valence-electron chi connectivity index (χ3n) is 3.78. The maximum absolute atomic E-state index is 9.11. The summed E-state index contributed by atoms with van der Waals surface area (Å²) < 4.78 is 0. The molecule has 0 atom stereocenters. The molecule has 1 aliphatic carbocycles. The number of rotatable bonds is 9. The zero-order valence-electron chi connectivity index (χ0n) is 13.2. The van der Waals surface area contributed by atoms with E-state index in [0.717, 1.165) is 38.8 Å². The Bertz CT molecular complexity index is 461. The van der Waals surface area contributed by atoms with Crippen molar-refractivity contribution in [3.05, 3.63) is 0 Å². The lowest BCUT2D eigenvalue weighted by atomic mass is 10.0. The first kappa shape index (κ1) is 15.8. The van der Waals surface area contributed by atoms with Crippen LogP contribution in [0.1, 0.15) is 32.6 Å². The molecule has 1 saturated carbocycles. The summed E-state index contributed by atoms with van der Waals surface area (Å²) in [6.45, 7) is 3.99. The summed E-state index contributed by atoms with van der Waals surface area (Å²) in [5.74, 6) is 1.83. The van der Waals surface area contributed by atoms with Gasteiger partial charge in [0.1, 0.15) is 0 Å². The van der Waals surface area contributed by atoms with Gasteiger partial charge in [-0.15, -0.1) is 0 Å². The minimum Gasteiger partial charge on any atom is -0.396 e. The van der Waals surface area contributed by atoms with Crippen molar-refractivity contribution in [1.29, 1.82) is 0 Å². The lowest BCUT2D eigenvalue weighted by Crippen LogP contribution is -2.21. The van der Waals surface area contributed by atoms with Crippen molar-refractivity contribution in [1.82, 2.24) is 15.0 Å². The predicted octanol–water partition coefficient (Wildman–Crippen LogP) is 1.33. The van der Waals surface area contributed by atoms with Gasteiger partial charge in [0.15, 0.2) is 0 Å². The topological polar surface area (TPSA) is 86.2 Å². The molecule has 0 aliphatic heterocycles. The molecular formula is C14H26N6O. The van der Waals surface area contributed by atoms with Crippen molar-refractivity contribution in [2.24, 2.45) is 5.41 Å². The van der Waals surface area contributed by atoms with E-state index in [9.17, 15) is 0 Å². The predicted molar refractivity (Wildman–Crippen MR) is 84.8 cm³/mol. The second-order valence-electron chi connectivity index (χ2n) is 5.93. The lowest BCUT2D eigenvalue weighted by molar-refractivity contribution is 0.253. The van der Waals surface area contributed by atoms with E-state index < -0.39 is 0 Å². The summed E-state index contributed by atoms with van der Waals surface area (Å²) in [6, 6.07) is 0. The van der Waals surface area contributed by atoms with Gasteiger partial charge in [-0.2, -0.15) is 15.0 Å². The van der Waals surface area contributed by atoms with E-state index in [2.05, 4.69) is 32.5 Å². The van der Waals surface area contributed by atoms with Crippen LogP contribution in [0.3, 0.4) is 0 Å². The van der Waals surface area contributed by atoms with Crippen molar-refractivity contribution in [2.75, 3.05) is 49.3 Å². The van der Waals surface area contributed by atoms with Crippen LogP contribution in [0.25, 0.3) is 0 Å². The van der Waals surface area contributed by atoms with Crippen molar-refractivity contribution in [3.63, 3.8) is 0 Å². The van der Waals surface area contributed by atoms with Gasteiger partial charge in [0.05, 0.1) is 0 Å². The number of aliphatic hydroxyl groups is 1. The summed E-state index contributed by atoms with van der Waals surface area (Å²) in [5.41, 5.74) is 0.233. The van der Waals surface area contributed by atoms with Crippen molar-refractivity contribution >= 4 is 17.8 Å². The molecule has 0 unspecified atom stereocenters. The molecule has 7 nitrogen and oxygen atoms in total. The summed E-state index contributed by atoms with van der Waals surface area (Å²) in [5, 5.41) is 15.6. The minimum atomic E-state index is 0.233. The van der Waals surface area contributed by atoms with Crippen LogP contribution in [-0.4, -0.2) is 53.9 Å². The maximum atomic E-state index is 9.11. The molecule has 0 saturated heterocycles. The van der Waals surface area contributed by atoms with Crippen molar-refractivity contribution in [2.45, 2.75) is 32.6 Å². The molecule has 1 aromatic rings. The second kappa shape index (κ2) is 6.89. The van der Waals surface area contributed by atoms with Gasteiger partial charge in [-0.1, -0.05) is 6.92 Å². The largest absolute Gasteiger partial charge is 0.396 e. The lowest BCUT2D eigenvalue weighted by Gasteiger charge is -2.17. The standard InChI is InChI=1S/C14H26N6O/c1-4-8-15-11-17-12(19-13(18-11)20(2)3)16-10-14(5-6-14)7-9-21/h21H,4-10H2,1-3H3,(H2,15,16,17,18,19). The molecule has 7 heteroatoms. The fourth-order valence-corrected chi connectivity index (χ4v) is 2.16. The molecule has 3 N–H and O–H groups in total. The zero-order valence-corrected chi connectivity index (χ0v) is 13.2. The molecule has 0 aromatic carbocycles. The smallest absolute Gasteiger partial charge is 0.231 e. The highest BCUT2D eigenvalue weighted by molar-refractivity contribution is 5.43. The van der Waals surface area contributed by atoms with Gasteiger partial charge in [0.2, 0.25) is 17.8 Å². The van der Waals surface area contributed by atoms with E-state index in [1.54, 1.807) is 0 Å². The molecule has 0 amide bonds. The Morgan fingerprint density at radius 2 is 1.81 bits per heavy atom. The number of nitrogens with one attached hydrogen (secondary N) is 2. The molecule has 118 valence electrons. The fourth-order valence-electron chi connectivity index (χ4n) is 2.16. The highest BCUT2D eigenvalue weighted by Gasteiger charge is 2.41. The number of hydrogen-bond acceptors (Lipinski definition) is 7. The first-order chi connectivity index (χ1) is 10.1. The normalized spacial score (nSPS) is 15.6. The van der Waals surface area contributed by atoms with Gasteiger partial charge in [0, 0.05) is 33.8 Å². The van der Waals surface area contributed by atoms with E-state index in [1.807, 2.05) is 19.0 Å². The maximum Gasteiger partial charge on any atom is 0.231 e. The number of aromatic nitrogens is 3. The monoisotopic (exact) mass is 294 g/mol. The summed E-state index contributed by atoms with van der Waals surface area (Å²) in [6.07, 6.45) is 4.18. The quantitative estimate of drug-likeness (QED) is 0.633. The zero-order chi connectivity index (χ0) is 15.3.